The lowest BCUT2D eigenvalue weighted by Crippen LogP contribution is -2.31. The van der Waals surface area contributed by atoms with Crippen LogP contribution in [0.1, 0.15) is 18.4 Å². The van der Waals surface area contributed by atoms with E-state index in [2.05, 4.69) is 26.6 Å². The molecule has 5 heteroatoms. The first-order valence-electron chi connectivity index (χ1n) is 6.52. The van der Waals surface area contributed by atoms with Crippen molar-refractivity contribution >= 4 is 39.3 Å². The van der Waals surface area contributed by atoms with Crippen LogP contribution in [0.3, 0.4) is 0 Å². The normalized spacial score (nSPS) is 18.5. The molecule has 1 atom stereocenters. The van der Waals surface area contributed by atoms with E-state index in [0.29, 0.717) is 12.5 Å². The number of amides is 1. The molecule has 1 aromatic rings. The van der Waals surface area contributed by atoms with Gasteiger partial charge in [-0.05, 0) is 42.9 Å². The van der Waals surface area contributed by atoms with Crippen molar-refractivity contribution in [2.75, 3.05) is 23.4 Å². The highest BCUT2D eigenvalue weighted by Gasteiger charge is 2.14. The predicted molar refractivity (Wildman–Crippen MR) is 85.9 cm³/mol. The van der Waals surface area contributed by atoms with E-state index in [1.54, 1.807) is 0 Å². The van der Waals surface area contributed by atoms with Gasteiger partial charge in [0, 0.05) is 34.9 Å². The summed E-state index contributed by atoms with van der Waals surface area (Å²) in [6, 6.07) is 6.46. The van der Waals surface area contributed by atoms with Crippen molar-refractivity contribution in [3.63, 3.8) is 0 Å². The molecular weight excluding hydrogens is 324 g/mol. The van der Waals surface area contributed by atoms with Crippen molar-refractivity contribution in [2.45, 2.75) is 25.8 Å². The summed E-state index contributed by atoms with van der Waals surface area (Å²) in [5, 5.41) is 6.39. The maximum absolute atomic E-state index is 11.9. The van der Waals surface area contributed by atoms with E-state index in [4.69, 9.17) is 0 Å². The van der Waals surface area contributed by atoms with Gasteiger partial charge in [0.1, 0.15) is 0 Å². The van der Waals surface area contributed by atoms with Gasteiger partial charge in [0.2, 0.25) is 5.91 Å². The van der Waals surface area contributed by atoms with Gasteiger partial charge in [-0.15, -0.1) is 0 Å². The van der Waals surface area contributed by atoms with Gasteiger partial charge in [0.05, 0.1) is 0 Å². The smallest absolute Gasteiger partial charge is 0.225 e. The molecule has 2 N–H and O–H groups in total. The van der Waals surface area contributed by atoms with Gasteiger partial charge in [-0.25, -0.2) is 0 Å². The van der Waals surface area contributed by atoms with Gasteiger partial charge < -0.3 is 10.6 Å². The Morgan fingerprint density at radius 3 is 3.05 bits per heavy atom. The molecule has 1 saturated heterocycles. The Labute approximate surface area is 127 Å². The molecular formula is C14H19BrN2OS. The highest BCUT2D eigenvalue weighted by Crippen LogP contribution is 2.20. The first kappa shape index (κ1) is 14.9. The van der Waals surface area contributed by atoms with E-state index in [1.807, 2.05) is 36.9 Å². The van der Waals surface area contributed by atoms with Gasteiger partial charge in [-0.3, -0.25) is 4.79 Å². The third kappa shape index (κ3) is 4.82. The van der Waals surface area contributed by atoms with Crippen LogP contribution in [-0.4, -0.2) is 30.0 Å². The molecule has 104 valence electrons. The molecule has 0 radical (unpaired) electrons. The zero-order chi connectivity index (χ0) is 13.7. The maximum Gasteiger partial charge on any atom is 0.225 e. The molecule has 1 fully saturated rings. The van der Waals surface area contributed by atoms with Crippen LogP contribution >= 0.6 is 27.7 Å². The van der Waals surface area contributed by atoms with E-state index in [0.717, 1.165) is 22.3 Å². The molecule has 1 aliphatic rings. The lowest BCUT2D eigenvalue weighted by Gasteiger charge is -2.12. The van der Waals surface area contributed by atoms with Crippen LogP contribution in [0.4, 0.5) is 5.69 Å². The molecule has 0 unspecified atom stereocenters. The number of carbonyl (C=O) groups excluding carboxylic acids is 1. The molecule has 3 nitrogen and oxygen atoms in total. The Morgan fingerprint density at radius 1 is 1.53 bits per heavy atom. The van der Waals surface area contributed by atoms with E-state index in [-0.39, 0.29) is 5.91 Å². The van der Waals surface area contributed by atoms with Crippen LogP contribution in [0.5, 0.6) is 0 Å². The Hall–Kier alpha value is -0.520. The number of rotatable bonds is 5. The van der Waals surface area contributed by atoms with Crippen molar-refractivity contribution in [3.8, 4) is 0 Å². The van der Waals surface area contributed by atoms with E-state index in [9.17, 15) is 4.79 Å². The number of aryl methyl sites for hydroxylation is 1. The second-order valence-electron chi connectivity index (χ2n) is 4.77. The van der Waals surface area contributed by atoms with Crippen molar-refractivity contribution in [1.82, 2.24) is 5.32 Å². The summed E-state index contributed by atoms with van der Waals surface area (Å²) >= 11 is 5.40. The lowest BCUT2D eigenvalue weighted by molar-refractivity contribution is -0.116. The largest absolute Gasteiger partial charge is 0.326 e. The minimum absolute atomic E-state index is 0.0728. The third-order valence-corrected chi connectivity index (χ3v) is 4.83. The van der Waals surface area contributed by atoms with Gasteiger partial charge in [0.15, 0.2) is 0 Å². The molecule has 0 bridgehead atoms. The molecule has 0 saturated carbocycles. The average Bonchev–Trinajstić information content (AvgIpc) is 2.86. The van der Waals surface area contributed by atoms with Crippen molar-refractivity contribution in [3.05, 3.63) is 28.2 Å². The first-order chi connectivity index (χ1) is 9.15. The van der Waals surface area contributed by atoms with Gasteiger partial charge >= 0.3 is 0 Å². The number of thioether (sulfide) groups is 1. The Morgan fingerprint density at radius 2 is 2.37 bits per heavy atom. The molecule has 1 aliphatic heterocycles. The summed E-state index contributed by atoms with van der Waals surface area (Å²) in [6.45, 7) is 2.75. The van der Waals surface area contributed by atoms with Crippen LogP contribution in [0.25, 0.3) is 0 Å². The van der Waals surface area contributed by atoms with E-state index >= 15 is 0 Å². The summed E-state index contributed by atoms with van der Waals surface area (Å²) in [5.41, 5.74) is 1.97. The first-order valence-corrected chi connectivity index (χ1v) is 8.47. The van der Waals surface area contributed by atoms with Crippen LogP contribution in [0, 0.1) is 6.92 Å². The standard InChI is InChI=1S/C14H19BrN2OS/c1-10-8-11(15)2-3-13(10)17-14(18)4-6-16-12-5-7-19-9-12/h2-3,8,12,16H,4-7,9H2,1H3,(H,17,18)/t12-/m0/s1. The van der Waals surface area contributed by atoms with E-state index < -0.39 is 0 Å². The number of carbonyl (C=O) groups is 1. The predicted octanol–water partition coefficient (Wildman–Crippen LogP) is 3.18. The lowest BCUT2D eigenvalue weighted by atomic mass is 10.2. The Bertz CT molecular complexity index is 447. The highest BCUT2D eigenvalue weighted by atomic mass is 79.9. The zero-order valence-electron chi connectivity index (χ0n) is 11.0. The van der Waals surface area contributed by atoms with Crippen molar-refractivity contribution < 1.29 is 4.79 Å². The number of halogens is 1. The monoisotopic (exact) mass is 342 g/mol. The zero-order valence-corrected chi connectivity index (χ0v) is 13.4. The van der Waals surface area contributed by atoms with Gasteiger partial charge in [-0.1, -0.05) is 15.9 Å². The molecule has 1 heterocycles. The van der Waals surface area contributed by atoms with Crippen molar-refractivity contribution in [2.24, 2.45) is 0 Å². The summed E-state index contributed by atoms with van der Waals surface area (Å²) < 4.78 is 1.03. The van der Waals surface area contributed by atoms with Gasteiger partial charge in [-0.2, -0.15) is 11.8 Å². The van der Waals surface area contributed by atoms with Crippen LogP contribution in [0.15, 0.2) is 22.7 Å². The topological polar surface area (TPSA) is 41.1 Å². The summed E-state index contributed by atoms with van der Waals surface area (Å²) in [7, 11) is 0. The molecule has 1 aromatic carbocycles. The highest BCUT2D eigenvalue weighted by molar-refractivity contribution is 9.10. The molecule has 19 heavy (non-hydrogen) atoms. The minimum atomic E-state index is 0.0728. The second-order valence-corrected chi connectivity index (χ2v) is 6.84. The molecule has 1 amide bonds. The maximum atomic E-state index is 11.9. The SMILES string of the molecule is Cc1cc(Br)ccc1NC(=O)CCN[C@H]1CCSC1. The summed E-state index contributed by atoms with van der Waals surface area (Å²) in [5.74, 6) is 2.48. The molecule has 0 aromatic heterocycles. The Balaban J connectivity index is 1.74. The minimum Gasteiger partial charge on any atom is -0.326 e. The van der Waals surface area contributed by atoms with Crippen LogP contribution in [-0.2, 0) is 4.79 Å². The van der Waals surface area contributed by atoms with E-state index in [1.165, 1.54) is 17.9 Å². The molecule has 0 spiro atoms. The number of anilines is 1. The summed E-state index contributed by atoms with van der Waals surface area (Å²) in [6.07, 6.45) is 1.74. The Kier molecular flexibility index (Phi) is 5.73. The number of benzene rings is 1. The number of hydrogen-bond acceptors (Lipinski definition) is 3. The second kappa shape index (κ2) is 7.31. The number of hydrogen-bond donors (Lipinski definition) is 2. The molecule has 0 aliphatic carbocycles. The number of nitrogens with one attached hydrogen (secondary N) is 2. The van der Waals surface area contributed by atoms with Crippen molar-refractivity contribution in [1.29, 1.82) is 0 Å². The fraction of sp³-hybridized carbons (Fsp3) is 0.500. The quantitative estimate of drug-likeness (QED) is 0.863. The van der Waals surface area contributed by atoms with Gasteiger partial charge in [0.25, 0.3) is 0 Å². The van der Waals surface area contributed by atoms with Crippen LogP contribution in [0.2, 0.25) is 0 Å². The van der Waals surface area contributed by atoms with Crippen LogP contribution < -0.4 is 10.6 Å². The average molecular weight is 343 g/mol. The fourth-order valence-corrected chi connectivity index (χ4v) is 3.73. The summed E-state index contributed by atoms with van der Waals surface area (Å²) in [4.78, 5) is 11.9. The fourth-order valence-electron chi connectivity index (χ4n) is 2.07. The molecule has 2 rings (SSSR count). The third-order valence-electron chi connectivity index (χ3n) is 3.18.